The van der Waals surface area contributed by atoms with Gasteiger partial charge in [0.25, 0.3) is 0 Å². The third-order valence-electron chi connectivity index (χ3n) is 2.87. The van der Waals surface area contributed by atoms with Gasteiger partial charge in [0.2, 0.25) is 0 Å². The van der Waals surface area contributed by atoms with E-state index in [-0.39, 0.29) is 11.6 Å². The quantitative estimate of drug-likeness (QED) is 0.737. The van der Waals surface area contributed by atoms with Crippen molar-refractivity contribution in [1.29, 1.82) is 0 Å². The summed E-state index contributed by atoms with van der Waals surface area (Å²) in [6, 6.07) is 9.69. The van der Waals surface area contributed by atoms with Crippen LogP contribution in [-0.4, -0.2) is 5.78 Å². The van der Waals surface area contributed by atoms with Gasteiger partial charge in [0, 0.05) is 11.1 Å². The second kappa shape index (κ2) is 4.91. The Balaban J connectivity index is 2.48. The third-order valence-corrected chi connectivity index (χ3v) is 3.37. The van der Waals surface area contributed by atoms with Crippen molar-refractivity contribution in [2.24, 2.45) is 0 Å². The molecule has 2 rings (SSSR count). The highest BCUT2D eigenvalue weighted by molar-refractivity contribution is 6.35. The minimum absolute atomic E-state index is 0.261. The van der Waals surface area contributed by atoms with Crippen LogP contribution in [0.15, 0.2) is 36.4 Å². The van der Waals surface area contributed by atoms with Gasteiger partial charge in [-0.2, -0.15) is 0 Å². The zero-order valence-electron chi connectivity index (χ0n) is 10.1. The Morgan fingerprint density at radius 1 is 1.11 bits per heavy atom. The lowest BCUT2D eigenvalue weighted by molar-refractivity contribution is 0.103. The predicted octanol–water partition coefficient (Wildman–Crippen LogP) is 4.33. The highest BCUT2D eigenvalue weighted by Crippen LogP contribution is 2.23. The van der Waals surface area contributed by atoms with Crippen molar-refractivity contribution in [2.45, 2.75) is 13.8 Å². The highest BCUT2D eigenvalue weighted by Gasteiger charge is 2.14. The molecular formula is C15H12ClFO. The summed E-state index contributed by atoms with van der Waals surface area (Å²) in [6.45, 7) is 3.48. The number of rotatable bonds is 2. The van der Waals surface area contributed by atoms with Crippen molar-refractivity contribution in [2.75, 3.05) is 0 Å². The van der Waals surface area contributed by atoms with Crippen LogP contribution in [0, 0.1) is 19.7 Å². The van der Waals surface area contributed by atoms with E-state index in [0.29, 0.717) is 21.7 Å². The van der Waals surface area contributed by atoms with Crippen LogP contribution >= 0.6 is 11.6 Å². The second-order valence-electron chi connectivity index (χ2n) is 4.23. The molecule has 3 heteroatoms. The number of carbonyl (C=O) groups excluding carboxylic acids is 1. The lowest BCUT2D eigenvalue weighted by Crippen LogP contribution is -2.04. The Labute approximate surface area is 110 Å². The summed E-state index contributed by atoms with van der Waals surface area (Å²) in [4.78, 5) is 12.2. The van der Waals surface area contributed by atoms with Crippen molar-refractivity contribution in [3.63, 3.8) is 0 Å². The van der Waals surface area contributed by atoms with Gasteiger partial charge in [-0.05, 0) is 37.1 Å². The Hall–Kier alpha value is -1.67. The molecule has 0 bridgehead atoms. The van der Waals surface area contributed by atoms with Gasteiger partial charge in [-0.15, -0.1) is 0 Å². The average Bonchev–Trinajstić information content (AvgIpc) is 2.35. The lowest BCUT2D eigenvalue weighted by atomic mass is 10.0. The molecule has 0 aliphatic carbocycles. The molecule has 0 N–H and O–H groups in total. The molecule has 0 radical (unpaired) electrons. The summed E-state index contributed by atoms with van der Waals surface area (Å²) in [6.07, 6.45) is 0. The van der Waals surface area contributed by atoms with Gasteiger partial charge in [0.1, 0.15) is 5.82 Å². The zero-order valence-corrected chi connectivity index (χ0v) is 10.9. The van der Waals surface area contributed by atoms with E-state index in [1.807, 2.05) is 13.0 Å². The first-order valence-corrected chi connectivity index (χ1v) is 5.94. The van der Waals surface area contributed by atoms with E-state index in [9.17, 15) is 9.18 Å². The largest absolute Gasteiger partial charge is 0.289 e. The molecule has 92 valence electrons. The summed E-state index contributed by atoms with van der Waals surface area (Å²) < 4.78 is 13.4. The number of hydrogen-bond donors (Lipinski definition) is 0. The summed E-state index contributed by atoms with van der Waals surface area (Å²) in [5, 5.41) is 0.420. The second-order valence-corrected chi connectivity index (χ2v) is 4.61. The Morgan fingerprint density at radius 2 is 1.83 bits per heavy atom. The van der Waals surface area contributed by atoms with Gasteiger partial charge in [-0.25, -0.2) is 4.39 Å². The molecule has 0 aromatic heterocycles. The average molecular weight is 263 g/mol. The molecule has 0 heterocycles. The molecule has 0 amide bonds. The van der Waals surface area contributed by atoms with Crippen molar-refractivity contribution in [3.8, 4) is 0 Å². The van der Waals surface area contributed by atoms with Crippen LogP contribution in [0.1, 0.15) is 27.0 Å². The van der Waals surface area contributed by atoms with Crippen molar-refractivity contribution in [1.82, 2.24) is 0 Å². The number of benzene rings is 2. The van der Waals surface area contributed by atoms with Gasteiger partial charge in [0.05, 0.1) is 5.02 Å². The summed E-state index contributed by atoms with van der Waals surface area (Å²) in [5.74, 6) is -0.646. The Bertz CT molecular complexity index is 620. The molecule has 2 aromatic carbocycles. The molecule has 0 spiro atoms. The number of carbonyl (C=O) groups is 1. The van der Waals surface area contributed by atoms with E-state index in [0.717, 1.165) is 5.56 Å². The molecule has 0 aliphatic rings. The first-order valence-electron chi connectivity index (χ1n) is 5.56. The van der Waals surface area contributed by atoms with Crippen LogP contribution in [0.2, 0.25) is 5.02 Å². The van der Waals surface area contributed by atoms with Crippen molar-refractivity contribution < 1.29 is 9.18 Å². The van der Waals surface area contributed by atoms with Gasteiger partial charge in [-0.3, -0.25) is 4.79 Å². The molecule has 0 aliphatic heterocycles. The first kappa shape index (κ1) is 12.8. The van der Waals surface area contributed by atoms with Crippen molar-refractivity contribution in [3.05, 3.63) is 69.5 Å². The van der Waals surface area contributed by atoms with Crippen LogP contribution in [0.25, 0.3) is 0 Å². The third kappa shape index (κ3) is 2.29. The van der Waals surface area contributed by atoms with Gasteiger partial charge >= 0.3 is 0 Å². The summed E-state index contributed by atoms with van der Waals surface area (Å²) >= 11 is 6.09. The zero-order chi connectivity index (χ0) is 13.3. The maximum atomic E-state index is 13.4. The smallest absolute Gasteiger partial charge is 0.194 e. The fraction of sp³-hybridized carbons (Fsp3) is 0.133. The number of ketones is 1. The van der Waals surface area contributed by atoms with E-state index >= 15 is 0 Å². The molecule has 1 nitrogen and oxygen atoms in total. The molecule has 0 saturated heterocycles. The molecule has 0 saturated carbocycles. The minimum atomic E-state index is -0.385. The fourth-order valence-corrected chi connectivity index (χ4v) is 1.92. The van der Waals surface area contributed by atoms with Crippen LogP contribution in [-0.2, 0) is 0 Å². The Kier molecular flexibility index (Phi) is 3.48. The first-order chi connectivity index (χ1) is 8.50. The summed E-state index contributed by atoms with van der Waals surface area (Å²) in [5.41, 5.74) is 2.06. The van der Waals surface area contributed by atoms with Crippen LogP contribution in [0.4, 0.5) is 4.39 Å². The maximum absolute atomic E-state index is 13.4. The lowest BCUT2D eigenvalue weighted by Gasteiger charge is -2.06. The SMILES string of the molecule is Cc1ccc(C(=O)c2cccc(C)c2Cl)cc1F. The number of hydrogen-bond acceptors (Lipinski definition) is 1. The van der Waals surface area contributed by atoms with Crippen LogP contribution in [0.5, 0.6) is 0 Å². The molecular weight excluding hydrogens is 251 g/mol. The fourth-order valence-electron chi connectivity index (χ4n) is 1.71. The topological polar surface area (TPSA) is 17.1 Å². The van der Waals surface area contributed by atoms with Crippen LogP contribution in [0.3, 0.4) is 0 Å². The number of halogens is 2. The standard InChI is InChI=1S/C15H12ClFO/c1-9-6-7-11(8-13(9)17)15(18)12-5-3-4-10(2)14(12)16/h3-8H,1-2H3. The Morgan fingerprint density at radius 3 is 2.50 bits per heavy atom. The van der Waals surface area contributed by atoms with E-state index in [1.54, 1.807) is 31.2 Å². The van der Waals surface area contributed by atoms with Gasteiger partial charge in [0.15, 0.2) is 5.78 Å². The van der Waals surface area contributed by atoms with E-state index in [4.69, 9.17) is 11.6 Å². The summed E-state index contributed by atoms with van der Waals surface area (Å²) in [7, 11) is 0. The monoisotopic (exact) mass is 262 g/mol. The van der Waals surface area contributed by atoms with Gasteiger partial charge < -0.3 is 0 Å². The predicted molar refractivity (Wildman–Crippen MR) is 70.8 cm³/mol. The molecule has 0 atom stereocenters. The van der Waals surface area contributed by atoms with E-state index in [2.05, 4.69) is 0 Å². The molecule has 0 fully saturated rings. The number of aryl methyl sites for hydroxylation is 2. The van der Waals surface area contributed by atoms with Crippen LogP contribution < -0.4 is 0 Å². The van der Waals surface area contributed by atoms with Crippen molar-refractivity contribution >= 4 is 17.4 Å². The highest BCUT2D eigenvalue weighted by atomic mass is 35.5. The molecule has 2 aromatic rings. The molecule has 18 heavy (non-hydrogen) atoms. The van der Waals surface area contributed by atoms with E-state index in [1.165, 1.54) is 6.07 Å². The van der Waals surface area contributed by atoms with Gasteiger partial charge in [-0.1, -0.05) is 35.9 Å². The van der Waals surface area contributed by atoms with E-state index < -0.39 is 0 Å². The minimum Gasteiger partial charge on any atom is -0.289 e. The normalized spacial score (nSPS) is 10.4. The molecule has 0 unspecified atom stereocenters. The maximum Gasteiger partial charge on any atom is 0.194 e.